The zero-order valence-electron chi connectivity index (χ0n) is 11.4. The molecule has 0 aliphatic rings. The fraction of sp³-hybridized carbons (Fsp3) is 0.0667. The number of alkyl halides is 3. The van der Waals surface area contributed by atoms with Crippen molar-refractivity contribution in [3.05, 3.63) is 58.7 Å². The Kier molecular flexibility index (Phi) is 4.23. The number of hydrogen-bond acceptors (Lipinski definition) is 4. The molecule has 0 aliphatic heterocycles. The zero-order valence-corrected chi connectivity index (χ0v) is 13.0. The van der Waals surface area contributed by atoms with E-state index in [1.54, 1.807) is 23.7 Å². The molecule has 0 fully saturated rings. The Bertz CT molecular complexity index is 833. The van der Waals surface area contributed by atoms with Gasteiger partial charge in [-0.2, -0.15) is 13.2 Å². The molecule has 0 amide bonds. The van der Waals surface area contributed by atoms with Crippen LogP contribution in [0.1, 0.15) is 5.56 Å². The van der Waals surface area contributed by atoms with Crippen molar-refractivity contribution in [3.8, 4) is 11.3 Å². The molecule has 8 heteroatoms. The maximum absolute atomic E-state index is 12.7. The summed E-state index contributed by atoms with van der Waals surface area (Å²) in [4.78, 5) is 8.32. The van der Waals surface area contributed by atoms with Gasteiger partial charge in [-0.15, -0.1) is 11.3 Å². The van der Waals surface area contributed by atoms with Crippen LogP contribution in [-0.4, -0.2) is 9.97 Å². The monoisotopic (exact) mass is 355 g/mol. The molecule has 118 valence electrons. The van der Waals surface area contributed by atoms with Crippen molar-refractivity contribution in [2.24, 2.45) is 0 Å². The van der Waals surface area contributed by atoms with E-state index >= 15 is 0 Å². The molecule has 0 unspecified atom stereocenters. The van der Waals surface area contributed by atoms with Crippen LogP contribution in [0.2, 0.25) is 5.02 Å². The molecule has 23 heavy (non-hydrogen) atoms. The molecular weight excluding hydrogens is 347 g/mol. The van der Waals surface area contributed by atoms with E-state index < -0.39 is 11.7 Å². The predicted molar refractivity (Wildman–Crippen MR) is 85.1 cm³/mol. The Labute approximate surface area is 138 Å². The van der Waals surface area contributed by atoms with Crippen LogP contribution in [0, 0.1) is 0 Å². The van der Waals surface area contributed by atoms with Crippen molar-refractivity contribution in [1.82, 2.24) is 9.97 Å². The molecule has 1 N–H and O–H groups in total. The molecule has 0 bridgehead atoms. The second-order valence-electron chi connectivity index (χ2n) is 4.63. The number of anilines is 2. The summed E-state index contributed by atoms with van der Waals surface area (Å²) in [6, 6.07) is 6.69. The number of thiazole rings is 1. The van der Waals surface area contributed by atoms with Crippen LogP contribution in [0.15, 0.2) is 48.1 Å². The molecule has 0 saturated carbocycles. The quantitative estimate of drug-likeness (QED) is 0.662. The third-order valence-corrected chi connectivity index (χ3v) is 3.91. The van der Waals surface area contributed by atoms with E-state index in [0.29, 0.717) is 21.5 Å². The molecule has 0 saturated heterocycles. The van der Waals surface area contributed by atoms with Gasteiger partial charge in [-0.3, -0.25) is 4.98 Å². The van der Waals surface area contributed by atoms with Gasteiger partial charge in [0.15, 0.2) is 5.13 Å². The minimum Gasteiger partial charge on any atom is -0.332 e. The molecule has 2 aromatic heterocycles. The lowest BCUT2D eigenvalue weighted by Crippen LogP contribution is -2.05. The lowest BCUT2D eigenvalue weighted by molar-refractivity contribution is -0.137. The molecule has 0 aliphatic carbocycles. The van der Waals surface area contributed by atoms with Crippen molar-refractivity contribution in [2.75, 3.05) is 5.32 Å². The SMILES string of the molecule is FC(F)(F)c1cccc(Nc2nc(-c3cncc(Cl)c3)cs2)c1. The summed E-state index contributed by atoms with van der Waals surface area (Å²) in [6.07, 6.45) is -1.24. The maximum Gasteiger partial charge on any atom is 0.416 e. The normalized spacial score (nSPS) is 11.5. The van der Waals surface area contributed by atoms with E-state index in [0.717, 1.165) is 17.7 Å². The van der Waals surface area contributed by atoms with E-state index in [4.69, 9.17) is 11.6 Å². The summed E-state index contributed by atoms with van der Waals surface area (Å²) in [7, 11) is 0. The first-order valence-electron chi connectivity index (χ1n) is 6.42. The van der Waals surface area contributed by atoms with Gasteiger partial charge in [0.05, 0.1) is 16.3 Å². The molecule has 1 aromatic carbocycles. The van der Waals surface area contributed by atoms with Crippen molar-refractivity contribution >= 4 is 33.8 Å². The number of nitrogens with one attached hydrogen (secondary N) is 1. The lowest BCUT2D eigenvalue weighted by atomic mass is 10.2. The number of aromatic nitrogens is 2. The molecule has 0 radical (unpaired) electrons. The highest BCUT2D eigenvalue weighted by atomic mass is 35.5. The van der Waals surface area contributed by atoms with Crippen LogP contribution in [0.3, 0.4) is 0 Å². The van der Waals surface area contributed by atoms with Crippen LogP contribution in [0.5, 0.6) is 0 Å². The number of nitrogens with zero attached hydrogens (tertiary/aromatic N) is 2. The van der Waals surface area contributed by atoms with Crippen LogP contribution in [0.4, 0.5) is 24.0 Å². The maximum atomic E-state index is 12.7. The predicted octanol–water partition coefficient (Wildman–Crippen LogP) is 5.62. The minimum absolute atomic E-state index is 0.324. The van der Waals surface area contributed by atoms with Crippen molar-refractivity contribution in [1.29, 1.82) is 0 Å². The standard InChI is InChI=1S/C15H9ClF3N3S/c16-11-4-9(6-20-7-11)13-8-23-14(22-13)21-12-3-1-2-10(5-12)15(17,18)19/h1-8H,(H,21,22). The second kappa shape index (κ2) is 6.17. The van der Waals surface area contributed by atoms with Crippen molar-refractivity contribution in [2.45, 2.75) is 6.18 Å². The zero-order chi connectivity index (χ0) is 16.4. The van der Waals surface area contributed by atoms with Crippen LogP contribution >= 0.6 is 22.9 Å². The summed E-state index contributed by atoms with van der Waals surface area (Å²) < 4.78 is 38.1. The van der Waals surface area contributed by atoms with Crippen LogP contribution in [0.25, 0.3) is 11.3 Å². The van der Waals surface area contributed by atoms with Gasteiger partial charge in [0.2, 0.25) is 0 Å². The van der Waals surface area contributed by atoms with E-state index in [9.17, 15) is 13.2 Å². The number of halogens is 4. The summed E-state index contributed by atoms with van der Waals surface area (Å²) in [5.41, 5.74) is 1.01. The number of rotatable bonds is 3. The Morgan fingerprint density at radius 1 is 1.13 bits per heavy atom. The highest BCUT2D eigenvalue weighted by molar-refractivity contribution is 7.14. The van der Waals surface area contributed by atoms with Crippen LogP contribution in [-0.2, 0) is 6.18 Å². The molecule has 0 spiro atoms. The van der Waals surface area contributed by atoms with E-state index in [1.807, 2.05) is 0 Å². The first-order chi connectivity index (χ1) is 10.9. The summed E-state index contributed by atoms with van der Waals surface area (Å²) in [5.74, 6) is 0. The van der Waals surface area contributed by atoms with Gasteiger partial charge in [-0.25, -0.2) is 4.98 Å². The van der Waals surface area contributed by atoms with Crippen molar-refractivity contribution < 1.29 is 13.2 Å². The lowest BCUT2D eigenvalue weighted by Gasteiger charge is -2.08. The summed E-state index contributed by atoms with van der Waals surface area (Å²) in [5, 5.41) is 5.63. The average molecular weight is 356 g/mol. The molecule has 3 rings (SSSR count). The van der Waals surface area contributed by atoms with Gasteiger partial charge in [-0.1, -0.05) is 17.7 Å². The van der Waals surface area contributed by atoms with Gasteiger partial charge in [0.1, 0.15) is 0 Å². The number of pyridine rings is 1. The Morgan fingerprint density at radius 2 is 1.96 bits per heavy atom. The Balaban J connectivity index is 1.82. The van der Waals surface area contributed by atoms with Gasteiger partial charge >= 0.3 is 6.18 Å². The van der Waals surface area contributed by atoms with E-state index in [-0.39, 0.29) is 0 Å². The molecule has 3 aromatic rings. The summed E-state index contributed by atoms with van der Waals surface area (Å²) >= 11 is 7.17. The molecule has 3 nitrogen and oxygen atoms in total. The smallest absolute Gasteiger partial charge is 0.332 e. The Hall–Kier alpha value is -2.12. The number of benzene rings is 1. The fourth-order valence-electron chi connectivity index (χ4n) is 1.91. The third kappa shape index (κ3) is 3.80. The summed E-state index contributed by atoms with van der Waals surface area (Å²) in [6.45, 7) is 0. The molecular formula is C15H9ClF3N3S. The minimum atomic E-state index is -4.38. The first-order valence-corrected chi connectivity index (χ1v) is 7.68. The second-order valence-corrected chi connectivity index (χ2v) is 5.93. The average Bonchev–Trinajstić information content (AvgIpc) is 2.95. The highest BCUT2D eigenvalue weighted by Crippen LogP contribution is 2.32. The van der Waals surface area contributed by atoms with Gasteiger partial charge in [0.25, 0.3) is 0 Å². The largest absolute Gasteiger partial charge is 0.416 e. The molecule has 0 atom stereocenters. The third-order valence-electron chi connectivity index (χ3n) is 2.95. The van der Waals surface area contributed by atoms with Gasteiger partial charge in [0, 0.05) is 29.0 Å². The molecule has 2 heterocycles. The Morgan fingerprint density at radius 3 is 2.70 bits per heavy atom. The first kappa shape index (κ1) is 15.8. The van der Waals surface area contributed by atoms with E-state index in [1.165, 1.54) is 23.6 Å². The highest BCUT2D eigenvalue weighted by Gasteiger charge is 2.30. The van der Waals surface area contributed by atoms with Crippen LogP contribution < -0.4 is 5.32 Å². The topological polar surface area (TPSA) is 37.8 Å². The van der Waals surface area contributed by atoms with Crippen molar-refractivity contribution in [3.63, 3.8) is 0 Å². The number of hydrogen-bond donors (Lipinski definition) is 1. The fourth-order valence-corrected chi connectivity index (χ4v) is 2.83. The van der Waals surface area contributed by atoms with Gasteiger partial charge in [-0.05, 0) is 24.3 Å². The van der Waals surface area contributed by atoms with Gasteiger partial charge < -0.3 is 5.32 Å². The van der Waals surface area contributed by atoms with E-state index in [2.05, 4.69) is 15.3 Å².